The monoisotopic (exact) mass is 564 g/mol. The summed E-state index contributed by atoms with van der Waals surface area (Å²) >= 11 is 13.5. The molecule has 37 heavy (non-hydrogen) atoms. The summed E-state index contributed by atoms with van der Waals surface area (Å²) in [6.45, 7) is 3.68. The van der Waals surface area contributed by atoms with Crippen molar-refractivity contribution in [2.45, 2.75) is 38.1 Å². The number of benzene rings is 1. The quantitative estimate of drug-likeness (QED) is 0.388. The van der Waals surface area contributed by atoms with Gasteiger partial charge in [-0.25, -0.2) is 13.4 Å². The molecule has 0 spiro atoms. The van der Waals surface area contributed by atoms with Crippen molar-refractivity contribution < 1.29 is 12.8 Å². The first-order valence-electron chi connectivity index (χ1n) is 12.3. The predicted octanol–water partition coefficient (Wildman–Crippen LogP) is 5.11. The highest BCUT2D eigenvalue weighted by molar-refractivity contribution is 7.92. The highest BCUT2D eigenvalue weighted by atomic mass is 35.5. The molecule has 1 aliphatic heterocycles. The number of nitrogens with zero attached hydrogens (tertiary/aromatic N) is 4. The van der Waals surface area contributed by atoms with Gasteiger partial charge in [-0.15, -0.1) is 10.2 Å². The van der Waals surface area contributed by atoms with E-state index in [0.717, 1.165) is 36.4 Å². The maximum atomic E-state index is 12.3. The molecule has 1 aromatic carbocycles. The maximum Gasteiger partial charge on any atom is 0.251 e. The summed E-state index contributed by atoms with van der Waals surface area (Å²) in [4.78, 5) is 4.47. The molecule has 0 bridgehead atoms. The molecule has 0 radical (unpaired) electrons. The molecule has 3 aromatic rings. The zero-order valence-electron chi connectivity index (χ0n) is 20.9. The fraction of sp³-hybridized carbons (Fsp3) is 0.480. The molecular weight excluding hydrogens is 535 g/mol. The van der Waals surface area contributed by atoms with Crippen molar-refractivity contribution in [2.24, 2.45) is 11.8 Å². The van der Waals surface area contributed by atoms with Gasteiger partial charge in [0.25, 0.3) is 5.89 Å². The summed E-state index contributed by atoms with van der Waals surface area (Å²) in [5, 5.41) is 15.6. The predicted molar refractivity (Wildman–Crippen MR) is 146 cm³/mol. The lowest BCUT2D eigenvalue weighted by Crippen LogP contribution is -2.33. The summed E-state index contributed by atoms with van der Waals surface area (Å²) in [6.07, 6.45) is 4.22. The summed E-state index contributed by atoms with van der Waals surface area (Å²) in [6, 6.07) is 10.1. The van der Waals surface area contributed by atoms with Gasteiger partial charge in [0.2, 0.25) is 15.9 Å². The molecule has 2 aliphatic rings. The third-order valence-corrected chi connectivity index (χ3v) is 9.17. The molecule has 5 rings (SSSR count). The normalized spacial score (nSPS) is 23.6. The van der Waals surface area contributed by atoms with Crippen LogP contribution in [0.5, 0.6) is 0 Å². The molecule has 0 unspecified atom stereocenters. The van der Waals surface area contributed by atoms with Crippen LogP contribution in [0.1, 0.15) is 49.6 Å². The van der Waals surface area contributed by atoms with E-state index in [1.165, 1.54) is 12.6 Å². The van der Waals surface area contributed by atoms with E-state index < -0.39 is 10.0 Å². The fourth-order valence-electron chi connectivity index (χ4n) is 4.78. The number of anilines is 2. The van der Waals surface area contributed by atoms with E-state index in [0.29, 0.717) is 30.1 Å². The Bertz CT molecular complexity index is 1380. The van der Waals surface area contributed by atoms with Gasteiger partial charge in [0.1, 0.15) is 5.82 Å². The molecule has 1 aliphatic carbocycles. The minimum absolute atomic E-state index is 0.0228. The minimum atomic E-state index is -3.65. The highest BCUT2D eigenvalue weighted by Gasteiger charge is 2.35. The zero-order chi connectivity index (χ0) is 26.3. The van der Waals surface area contributed by atoms with E-state index in [-0.39, 0.29) is 39.3 Å². The van der Waals surface area contributed by atoms with Gasteiger partial charge in [-0.1, -0.05) is 60.5 Å². The van der Waals surface area contributed by atoms with Crippen LogP contribution < -0.4 is 14.9 Å². The van der Waals surface area contributed by atoms with Crippen LogP contribution in [0.2, 0.25) is 10.0 Å². The highest BCUT2D eigenvalue weighted by Crippen LogP contribution is 2.45. The number of sulfonamides is 1. The number of pyridine rings is 1. The third kappa shape index (κ3) is 5.43. The van der Waals surface area contributed by atoms with E-state index in [4.69, 9.17) is 27.6 Å². The number of halogens is 2. The SMILES string of the molecule is C[C@H]1C[C@@H]1CNc1nc(N(C)S(C)(=O)=O)c(Cl)c(-c2nnc([C@H]3NCCC[C@H]3c3ccccc3)o2)c1Cl. The molecule has 9 nitrogen and oxygen atoms in total. The van der Waals surface area contributed by atoms with Gasteiger partial charge in [0.15, 0.2) is 5.82 Å². The Morgan fingerprint density at radius 1 is 1.19 bits per heavy atom. The second-order valence-corrected chi connectivity index (χ2v) is 12.7. The molecule has 2 fully saturated rings. The standard InChI is InChI=1S/C25H30Cl2N6O3S/c1-14-12-16(14)13-29-22-19(26)18(20(27)23(30-22)33(2)37(3,34)35)24-31-32-25(36-24)21-17(10-7-11-28-21)15-8-5-4-6-9-15/h4-6,8-9,14,16-17,21,28H,7,10-13H2,1-3H3,(H,29,30)/t14-,16+,17-,21-/m0/s1. The lowest BCUT2D eigenvalue weighted by Gasteiger charge is -2.30. The van der Waals surface area contributed by atoms with Gasteiger partial charge in [0.05, 0.1) is 27.9 Å². The summed E-state index contributed by atoms with van der Waals surface area (Å²) in [7, 11) is -2.25. The first kappa shape index (κ1) is 26.2. The number of hydrogen-bond donors (Lipinski definition) is 2. The largest absolute Gasteiger partial charge is 0.419 e. The topological polar surface area (TPSA) is 113 Å². The molecule has 1 saturated carbocycles. The molecule has 2 aromatic heterocycles. The van der Waals surface area contributed by atoms with Crippen LogP contribution in [-0.4, -0.2) is 50.0 Å². The van der Waals surface area contributed by atoms with E-state index in [1.807, 2.05) is 18.2 Å². The molecule has 4 atom stereocenters. The van der Waals surface area contributed by atoms with Gasteiger partial charge in [-0.3, -0.25) is 4.31 Å². The Morgan fingerprint density at radius 3 is 2.59 bits per heavy atom. The average Bonchev–Trinajstić information content (AvgIpc) is 3.38. The maximum absolute atomic E-state index is 12.3. The Labute approximate surface area is 227 Å². The van der Waals surface area contributed by atoms with Crippen LogP contribution in [0.4, 0.5) is 11.6 Å². The van der Waals surface area contributed by atoms with Crippen molar-refractivity contribution >= 4 is 44.9 Å². The first-order valence-corrected chi connectivity index (χ1v) is 14.9. The van der Waals surface area contributed by atoms with Crippen LogP contribution in [0.25, 0.3) is 11.5 Å². The fourth-order valence-corrected chi connectivity index (χ4v) is 5.95. The smallest absolute Gasteiger partial charge is 0.251 e. The van der Waals surface area contributed by atoms with E-state index >= 15 is 0 Å². The Morgan fingerprint density at radius 2 is 1.92 bits per heavy atom. The van der Waals surface area contributed by atoms with Gasteiger partial charge in [-0.05, 0) is 43.2 Å². The summed E-state index contributed by atoms with van der Waals surface area (Å²) in [5.41, 5.74) is 1.44. The molecule has 12 heteroatoms. The second-order valence-electron chi connectivity index (χ2n) is 9.91. The number of nitrogens with one attached hydrogen (secondary N) is 2. The van der Waals surface area contributed by atoms with Gasteiger partial charge < -0.3 is 15.1 Å². The number of piperidine rings is 1. The summed E-state index contributed by atoms with van der Waals surface area (Å²) < 4.78 is 31.9. The summed E-state index contributed by atoms with van der Waals surface area (Å²) in [5.74, 6) is 2.18. The van der Waals surface area contributed by atoms with Crippen molar-refractivity contribution in [3.05, 3.63) is 51.8 Å². The van der Waals surface area contributed by atoms with E-state index in [1.54, 1.807) is 0 Å². The van der Waals surface area contributed by atoms with E-state index in [2.05, 4.69) is 44.9 Å². The van der Waals surface area contributed by atoms with Crippen LogP contribution in [0, 0.1) is 11.8 Å². The lowest BCUT2D eigenvalue weighted by atomic mass is 9.85. The Hall–Kier alpha value is -2.40. The van der Waals surface area contributed by atoms with Gasteiger partial charge in [0, 0.05) is 19.5 Å². The molecule has 2 N–H and O–H groups in total. The number of rotatable bonds is 8. The van der Waals surface area contributed by atoms with Crippen molar-refractivity contribution in [1.29, 1.82) is 0 Å². The van der Waals surface area contributed by atoms with Crippen LogP contribution in [-0.2, 0) is 10.0 Å². The minimum Gasteiger partial charge on any atom is -0.419 e. The van der Waals surface area contributed by atoms with Crippen molar-refractivity contribution in [3.8, 4) is 11.5 Å². The van der Waals surface area contributed by atoms with Crippen molar-refractivity contribution in [1.82, 2.24) is 20.5 Å². The second kappa shape index (κ2) is 10.4. The zero-order valence-corrected chi connectivity index (χ0v) is 23.2. The van der Waals surface area contributed by atoms with Crippen LogP contribution >= 0.6 is 23.2 Å². The Balaban J connectivity index is 1.54. The number of aromatic nitrogens is 3. The van der Waals surface area contributed by atoms with Crippen LogP contribution in [0.3, 0.4) is 0 Å². The molecular formula is C25H30Cl2N6O3S. The third-order valence-electron chi connectivity index (χ3n) is 7.27. The van der Waals surface area contributed by atoms with Crippen molar-refractivity contribution in [3.63, 3.8) is 0 Å². The Kier molecular flexibility index (Phi) is 7.37. The first-order chi connectivity index (χ1) is 17.6. The molecule has 198 valence electrons. The molecule has 3 heterocycles. The van der Waals surface area contributed by atoms with Gasteiger partial charge in [-0.2, -0.15) is 0 Å². The van der Waals surface area contributed by atoms with Crippen LogP contribution in [0.15, 0.2) is 34.7 Å². The molecule has 0 amide bonds. The number of hydrogen-bond acceptors (Lipinski definition) is 8. The van der Waals surface area contributed by atoms with Gasteiger partial charge >= 0.3 is 0 Å². The van der Waals surface area contributed by atoms with Crippen molar-refractivity contribution in [2.75, 3.05) is 36.0 Å². The lowest BCUT2D eigenvalue weighted by molar-refractivity contribution is 0.303. The molecule has 1 saturated heterocycles. The van der Waals surface area contributed by atoms with E-state index in [9.17, 15) is 8.42 Å². The average molecular weight is 566 g/mol.